The summed E-state index contributed by atoms with van der Waals surface area (Å²) in [4.78, 5) is 19.4. The van der Waals surface area contributed by atoms with Crippen LogP contribution in [0.25, 0.3) is 6.08 Å². The summed E-state index contributed by atoms with van der Waals surface area (Å²) in [5.41, 5.74) is -0.882. The fraction of sp³-hybridized carbons (Fsp3) is 0.320. The molecule has 1 saturated heterocycles. The molecule has 190 valence electrons. The summed E-state index contributed by atoms with van der Waals surface area (Å²) in [6.45, 7) is 7.29. The van der Waals surface area contributed by atoms with Gasteiger partial charge >= 0.3 is 6.18 Å². The van der Waals surface area contributed by atoms with Crippen LogP contribution in [0.4, 0.5) is 18.0 Å². The number of likely N-dealkylation sites (N-methyl/N-ethyl adjacent to an activating group) is 1. The maximum atomic E-state index is 13.3. The van der Waals surface area contributed by atoms with Crippen LogP contribution >= 0.6 is 11.8 Å². The number of ether oxygens (including phenoxy) is 2. The Morgan fingerprint density at radius 3 is 2.56 bits per heavy atom. The second kappa shape index (κ2) is 12.0. The number of methoxy groups -OCH3 is 1. The summed E-state index contributed by atoms with van der Waals surface area (Å²) in [6, 6.07) is 9.56. The third-order valence-corrected chi connectivity index (χ3v) is 6.19. The monoisotopic (exact) mass is 518 g/mol. The van der Waals surface area contributed by atoms with Gasteiger partial charge in [-0.25, -0.2) is 0 Å². The molecule has 2 aromatic rings. The van der Waals surface area contributed by atoms with Crippen LogP contribution in [0.3, 0.4) is 0 Å². The molecule has 11 heteroatoms. The number of nitrogens with one attached hydrogen (secondary N) is 1. The quantitative estimate of drug-likeness (QED) is 0.444. The first-order chi connectivity index (χ1) is 17.2. The fourth-order valence-electron chi connectivity index (χ4n) is 3.45. The lowest BCUT2D eigenvalue weighted by atomic mass is 10.1. The number of rotatable bonds is 9. The van der Waals surface area contributed by atoms with Crippen LogP contribution in [-0.2, 0) is 6.18 Å². The van der Waals surface area contributed by atoms with Gasteiger partial charge in [-0.15, -0.1) is 0 Å². The van der Waals surface area contributed by atoms with Gasteiger partial charge in [0.1, 0.15) is 11.6 Å². The first-order valence-electron chi connectivity index (χ1n) is 11.1. The van der Waals surface area contributed by atoms with Gasteiger partial charge in [0.05, 0.1) is 35.8 Å². The van der Waals surface area contributed by atoms with Crippen LogP contribution < -0.4 is 14.8 Å². The van der Waals surface area contributed by atoms with E-state index in [1.165, 1.54) is 19.2 Å². The van der Waals surface area contributed by atoms with E-state index >= 15 is 0 Å². The average Bonchev–Trinajstić information content (AvgIpc) is 3.20. The molecule has 0 atom stereocenters. The van der Waals surface area contributed by atoms with Crippen molar-refractivity contribution in [3.05, 3.63) is 58.0 Å². The maximum Gasteiger partial charge on any atom is 0.417 e. The molecule has 1 fully saturated rings. The number of amidine groups is 1. The van der Waals surface area contributed by atoms with Crippen LogP contribution in [0.15, 0.2) is 46.3 Å². The lowest BCUT2D eigenvalue weighted by Crippen LogP contribution is -2.27. The Labute approximate surface area is 211 Å². The molecule has 0 aromatic heterocycles. The normalized spacial score (nSPS) is 15.9. The van der Waals surface area contributed by atoms with Gasteiger partial charge < -0.3 is 19.7 Å². The Morgan fingerprint density at radius 1 is 1.17 bits per heavy atom. The van der Waals surface area contributed by atoms with Gasteiger partial charge in [-0.3, -0.25) is 9.79 Å². The molecular weight excluding hydrogens is 493 g/mol. The molecule has 1 N–H and O–H groups in total. The molecule has 0 aliphatic carbocycles. The van der Waals surface area contributed by atoms with E-state index in [1.54, 1.807) is 24.3 Å². The third kappa shape index (κ3) is 6.80. The largest absolute Gasteiger partial charge is 0.493 e. The molecule has 0 bridgehead atoms. The van der Waals surface area contributed by atoms with Gasteiger partial charge in [0, 0.05) is 6.54 Å². The van der Waals surface area contributed by atoms with E-state index < -0.39 is 17.3 Å². The minimum atomic E-state index is -4.69. The second-order valence-corrected chi connectivity index (χ2v) is 8.62. The minimum Gasteiger partial charge on any atom is -0.493 e. The van der Waals surface area contributed by atoms with Gasteiger partial charge in [0.2, 0.25) is 0 Å². The number of hydrogen-bond acceptors (Lipinski definition) is 7. The molecule has 1 aliphatic rings. The molecule has 0 saturated carbocycles. The first kappa shape index (κ1) is 27.1. The van der Waals surface area contributed by atoms with Crippen molar-refractivity contribution < 1.29 is 27.4 Å². The van der Waals surface area contributed by atoms with Crippen molar-refractivity contribution >= 4 is 28.9 Å². The van der Waals surface area contributed by atoms with Gasteiger partial charge in [-0.05, 0) is 66.8 Å². The van der Waals surface area contributed by atoms with Crippen molar-refractivity contribution in [3.8, 4) is 23.3 Å². The Morgan fingerprint density at radius 2 is 1.92 bits per heavy atom. The van der Waals surface area contributed by atoms with E-state index in [-0.39, 0.29) is 22.5 Å². The van der Waals surface area contributed by atoms with E-state index in [2.05, 4.69) is 29.1 Å². The number of aliphatic imine (C=N–C) groups is 1. The number of hydrogen-bond donors (Lipinski definition) is 1. The van der Waals surface area contributed by atoms with Gasteiger partial charge in [0.15, 0.2) is 11.5 Å². The molecule has 0 unspecified atom stereocenters. The highest BCUT2D eigenvalue weighted by Crippen LogP contribution is 2.38. The van der Waals surface area contributed by atoms with E-state index in [4.69, 9.17) is 14.7 Å². The van der Waals surface area contributed by atoms with E-state index in [0.29, 0.717) is 22.8 Å². The highest BCUT2D eigenvalue weighted by Gasteiger charge is 2.34. The van der Waals surface area contributed by atoms with Crippen molar-refractivity contribution in [2.45, 2.75) is 20.0 Å². The molecule has 2 aromatic carbocycles. The number of alkyl halides is 3. The first-order valence-corrected chi connectivity index (χ1v) is 11.9. The maximum absolute atomic E-state index is 13.3. The smallest absolute Gasteiger partial charge is 0.417 e. The van der Waals surface area contributed by atoms with Crippen molar-refractivity contribution in [1.29, 1.82) is 5.26 Å². The van der Waals surface area contributed by atoms with E-state index in [9.17, 15) is 18.0 Å². The number of nitriles is 1. The number of benzene rings is 2. The summed E-state index contributed by atoms with van der Waals surface area (Å²) in [5.74, 6) is 0.881. The van der Waals surface area contributed by atoms with Crippen molar-refractivity contribution in [2.24, 2.45) is 4.99 Å². The van der Waals surface area contributed by atoms with Crippen LogP contribution in [0.1, 0.15) is 30.5 Å². The lowest BCUT2D eigenvalue weighted by molar-refractivity contribution is -0.137. The van der Waals surface area contributed by atoms with Crippen molar-refractivity contribution in [2.75, 3.05) is 33.3 Å². The molecule has 1 heterocycles. The molecule has 7 nitrogen and oxygen atoms in total. The van der Waals surface area contributed by atoms with Crippen LogP contribution in [-0.4, -0.2) is 49.3 Å². The predicted molar refractivity (Wildman–Crippen MR) is 133 cm³/mol. The van der Waals surface area contributed by atoms with Crippen molar-refractivity contribution in [3.63, 3.8) is 0 Å². The Hall–Kier alpha value is -3.49. The molecule has 36 heavy (non-hydrogen) atoms. The standard InChI is InChI=1S/C25H25F3N4O3S/c1-4-32(5-2)11-10-30-23-22(36-24(33)31-23)13-16-6-9-20(21(12-16)34-3)35-18-8-7-17(15-29)19(14-18)25(26,27)28/h6-9,12-14H,4-5,10-11H2,1-3H3,(H,30,31,33). The molecule has 3 rings (SSSR count). The third-order valence-electron chi connectivity index (χ3n) is 5.37. The van der Waals surface area contributed by atoms with Crippen LogP contribution in [0, 0.1) is 11.3 Å². The SMILES string of the molecule is CCN(CC)CCN=C1NC(=O)SC1=Cc1ccc(Oc2ccc(C#N)c(C(F)(F)F)c2)c(OC)c1. The Bertz CT molecular complexity index is 1220. The fourth-order valence-corrected chi connectivity index (χ4v) is 4.20. The number of carbonyl (C=O) groups is 1. The molecular formula is C25H25F3N4O3S. The molecule has 0 spiro atoms. The van der Waals surface area contributed by atoms with E-state index in [1.807, 2.05) is 0 Å². The number of halogens is 3. The highest BCUT2D eigenvalue weighted by molar-refractivity contribution is 8.18. The molecule has 1 aliphatic heterocycles. The summed E-state index contributed by atoms with van der Waals surface area (Å²) < 4.78 is 50.8. The average molecular weight is 519 g/mol. The van der Waals surface area contributed by atoms with Crippen LogP contribution in [0.5, 0.6) is 17.2 Å². The number of carbonyl (C=O) groups excluding carboxylic acids is 1. The number of amides is 1. The van der Waals surface area contributed by atoms with E-state index in [0.717, 1.165) is 43.5 Å². The Balaban J connectivity index is 1.83. The van der Waals surface area contributed by atoms with Gasteiger partial charge in [-0.1, -0.05) is 19.9 Å². The summed E-state index contributed by atoms with van der Waals surface area (Å²) in [5, 5.41) is 11.5. The Kier molecular flexibility index (Phi) is 9.01. The van der Waals surface area contributed by atoms with Crippen LogP contribution in [0.2, 0.25) is 0 Å². The predicted octanol–water partition coefficient (Wildman–Crippen LogP) is 5.92. The zero-order chi connectivity index (χ0) is 26.3. The highest BCUT2D eigenvalue weighted by atomic mass is 32.2. The van der Waals surface area contributed by atoms with Crippen molar-refractivity contribution in [1.82, 2.24) is 10.2 Å². The summed E-state index contributed by atoms with van der Waals surface area (Å²) >= 11 is 1.03. The summed E-state index contributed by atoms with van der Waals surface area (Å²) in [7, 11) is 1.41. The summed E-state index contributed by atoms with van der Waals surface area (Å²) in [6.07, 6.45) is -2.92. The molecule has 0 radical (unpaired) electrons. The second-order valence-electron chi connectivity index (χ2n) is 7.61. The lowest BCUT2D eigenvalue weighted by Gasteiger charge is -2.16. The number of nitrogens with zero attached hydrogens (tertiary/aromatic N) is 3. The topological polar surface area (TPSA) is 87.0 Å². The van der Waals surface area contributed by atoms with Gasteiger partial charge in [0.25, 0.3) is 5.24 Å². The molecule has 1 amide bonds. The zero-order valence-electron chi connectivity index (χ0n) is 20.0. The minimum absolute atomic E-state index is 0.0884. The number of thioether (sulfide) groups is 1. The zero-order valence-corrected chi connectivity index (χ0v) is 20.8. The van der Waals surface area contributed by atoms with Gasteiger partial charge in [-0.2, -0.15) is 18.4 Å².